The highest BCUT2D eigenvalue weighted by molar-refractivity contribution is 9.09. The molecule has 68 valence electrons. The van der Waals surface area contributed by atoms with Gasteiger partial charge in [-0.1, -0.05) is 15.9 Å². The van der Waals surface area contributed by atoms with Gasteiger partial charge in [0.05, 0.1) is 11.6 Å². The number of nitrogens with zero attached hydrogens (tertiary/aromatic N) is 1. The van der Waals surface area contributed by atoms with Gasteiger partial charge >= 0.3 is 0 Å². The molecule has 0 saturated heterocycles. The molecule has 3 heteroatoms. The lowest BCUT2D eigenvalue weighted by Crippen LogP contribution is -1.94. The SMILES string of the molecule is N#Cc1ccc(N)cc1CCCBr. The molecule has 0 spiro atoms. The molecule has 13 heavy (non-hydrogen) atoms. The number of halogens is 1. The van der Waals surface area contributed by atoms with Crippen LogP contribution in [-0.4, -0.2) is 5.33 Å². The van der Waals surface area contributed by atoms with E-state index in [0.29, 0.717) is 0 Å². The van der Waals surface area contributed by atoms with Crippen LogP contribution in [0.2, 0.25) is 0 Å². The van der Waals surface area contributed by atoms with Gasteiger partial charge in [-0.05, 0) is 36.6 Å². The highest BCUT2D eigenvalue weighted by Crippen LogP contribution is 2.14. The van der Waals surface area contributed by atoms with Crippen molar-refractivity contribution >= 4 is 21.6 Å². The summed E-state index contributed by atoms with van der Waals surface area (Å²) < 4.78 is 0. The van der Waals surface area contributed by atoms with Gasteiger partial charge in [-0.25, -0.2) is 0 Å². The topological polar surface area (TPSA) is 49.8 Å². The molecular formula is C10H11BrN2. The number of anilines is 1. The normalized spacial score (nSPS) is 9.54. The summed E-state index contributed by atoms with van der Waals surface area (Å²) in [4.78, 5) is 0. The van der Waals surface area contributed by atoms with Crippen molar-refractivity contribution in [3.8, 4) is 6.07 Å². The van der Waals surface area contributed by atoms with E-state index >= 15 is 0 Å². The summed E-state index contributed by atoms with van der Waals surface area (Å²) in [5, 5.41) is 9.76. The number of alkyl halides is 1. The predicted molar refractivity (Wildman–Crippen MR) is 57.7 cm³/mol. The molecule has 0 amide bonds. The van der Waals surface area contributed by atoms with E-state index in [1.54, 1.807) is 12.1 Å². The second-order valence-corrected chi connectivity index (χ2v) is 3.61. The summed E-state index contributed by atoms with van der Waals surface area (Å²) in [6.07, 6.45) is 1.93. The van der Waals surface area contributed by atoms with Gasteiger partial charge in [-0.15, -0.1) is 0 Å². The fourth-order valence-corrected chi connectivity index (χ4v) is 1.47. The third kappa shape index (κ3) is 2.74. The first-order chi connectivity index (χ1) is 6.27. The molecule has 0 aliphatic rings. The summed E-state index contributed by atoms with van der Waals surface area (Å²) in [7, 11) is 0. The lowest BCUT2D eigenvalue weighted by Gasteiger charge is -2.03. The highest BCUT2D eigenvalue weighted by Gasteiger charge is 2.01. The number of hydrogen-bond donors (Lipinski definition) is 1. The van der Waals surface area contributed by atoms with Gasteiger partial charge in [0.15, 0.2) is 0 Å². The quantitative estimate of drug-likeness (QED) is 0.650. The number of nitrogens with two attached hydrogens (primary N) is 1. The van der Waals surface area contributed by atoms with E-state index < -0.39 is 0 Å². The van der Waals surface area contributed by atoms with Crippen molar-refractivity contribution in [3.63, 3.8) is 0 Å². The molecule has 1 rings (SSSR count). The Hall–Kier alpha value is -1.01. The van der Waals surface area contributed by atoms with Crippen molar-refractivity contribution in [2.45, 2.75) is 12.8 Å². The largest absolute Gasteiger partial charge is 0.399 e. The summed E-state index contributed by atoms with van der Waals surface area (Å²) in [5.74, 6) is 0. The van der Waals surface area contributed by atoms with Crippen molar-refractivity contribution in [2.24, 2.45) is 0 Å². The average molecular weight is 239 g/mol. The maximum Gasteiger partial charge on any atom is 0.0994 e. The van der Waals surface area contributed by atoms with Crippen LogP contribution >= 0.6 is 15.9 Å². The average Bonchev–Trinajstić information content (AvgIpc) is 2.15. The molecule has 0 unspecified atom stereocenters. The lowest BCUT2D eigenvalue weighted by atomic mass is 10.0. The minimum Gasteiger partial charge on any atom is -0.399 e. The van der Waals surface area contributed by atoms with Gasteiger partial charge in [-0.3, -0.25) is 0 Å². The van der Waals surface area contributed by atoms with Crippen LogP contribution < -0.4 is 5.73 Å². The third-order valence-corrected chi connectivity index (χ3v) is 2.39. The van der Waals surface area contributed by atoms with E-state index in [0.717, 1.165) is 35.0 Å². The standard InChI is InChI=1S/C10H11BrN2/c11-5-1-2-8-6-10(13)4-3-9(8)7-12/h3-4,6H,1-2,5,13H2. The van der Waals surface area contributed by atoms with Crippen LogP contribution in [0, 0.1) is 11.3 Å². The van der Waals surface area contributed by atoms with Crippen LogP contribution in [-0.2, 0) is 6.42 Å². The smallest absolute Gasteiger partial charge is 0.0994 e. The first kappa shape index (κ1) is 10.1. The molecule has 1 aromatic carbocycles. The predicted octanol–water partition coefficient (Wildman–Crippen LogP) is 2.47. The van der Waals surface area contributed by atoms with Gasteiger partial charge in [-0.2, -0.15) is 5.26 Å². The number of aryl methyl sites for hydroxylation is 1. The van der Waals surface area contributed by atoms with Gasteiger partial charge in [0.1, 0.15) is 0 Å². The molecule has 1 aromatic rings. The van der Waals surface area contributed by atoms with Gasteiger partial charge in [0.2, 0.25) is 0 Å². The van der Waals surface area contributed by atoms with E-state index in [-0.39, 0.29) is 0 Å². The minimum absolute atomic E-state index is 0.726. The van der Waals surface area contributed by atoms with Gasteiger partial charge in [0, 0.05) is 11.0 Å². The van der Waals surface area contributed by atoms with E-state index in [1.807, 2.05) is 6.07 Å². The third-order valence-electron chi connectivity index (χ3n) is 1.83. The maximum absolute atomic E-state index is 8.81. The number of benzene rings is 1. The molecule has 2 nitrogen and oxygen atoms in total. The molecule has 0 radical (unpaired) electrons. The van der Waals surface area contributed by atoms with E-state index in [9.17, 15) is 0 Å². The monoisotopic (exact) mass is 238 g/mol. The van der Waals surface area contributed by atoms with Crippen molar-refractivity contribution in [3.05, 3.63) is 29.3 Å². The van der Waals surface area contributed by atoms with Crippen LogP contribution in [0.4, 0.5) is 5.69 Å². The van der Waals surface area contributed by atoms with Crippen molar-refractivity contribution in [1.82, 2.24) is 0 Å². The zero-order chi connectivity index (χ0) is 9.68. The van der Waals surface area contributed by atoms with Crippen LogP contribution in [0.3, 0.4) is 0 Å². The van der Waals surface area contributed by atoms with E-state index in [2.05, 4.69) is 22.0 Å². The Morgan fingerprint density at radius 1 is 1.46 bits per heavy atom. The van der Waals surface area contributed by atoms with Crippen LogP contribution in [0.25, 0.3) is 0 Å². The Kier molecular flexibility index (Phi) is 3.78. The Morgan fingerprint density at radius 3 is 2.85 bits per heavy atom. The molecule has 0 atom stereocenters. The highest BCUT2D eigenvalue weighted by atomic mass is 79.9. The van der Waals surface area contributed by atoms with Crippen molar-refractivity contribution in [2.75, 3.05) is 11.1 Å². The lowest BCUT2D eigenvalue weighted by molar-refractivity contribution is 0.936. The fourth-order valence-electron chi connectivity index (χ4n) is 1.19. The Morgan fingerprint density at radius 2 is 2.23 bits per heavy atom. The van der Waals surface area contributed by atoms with Crippen molar-refractivity contribution < 1.29 is 0 Å². The minimum atomic E-state index is 0.726. The number of nitrogen functional groups attached to an aromatic ring is 1. The molecule has 0 saturated carbocycles. The second-order valence-electron chi connectivity index (χ2n) is 2.82. The zero-order valence-corrected chi connectivity index (χ0v) is 8.84. The summed E-state index contributed by atoms with van der Waals surface area (Å²) in [5.41, 5.74) is 8.13. The van der Waals surface area contributed by atoms with Crippen LogP contribution in [0.15, 0.2) is 18.2 Å². The Labute approximate surface area is 86.5 Å². The molecular weight excluding hydrogens is 228 g/mol. The fraction of sp³-hybridized carbons (Fsp3) is 0.300. The first-order valence-corrected chi connectivity index (χ1v) is 5.24. The number of hydrogen-bond acceptors (Lipinski definition) is 2. The summed E-state index contributed by atoms with van der Waals surface area (Å²) in [6, 6.07) is 7.57. The first-order valence-electron chi connectivity index (χ1n) is 4.12. The summed E-state index contributed by atoms with van der Waals surface area (Å²) in [6.45, 7) is 0. The molecule has 0 aliphatic heterocycles. The molecule has 0 heterocycles. The number of nitriles is 1. The zero-order valence-electron chi connectivity index (χ0n) is 7.26. The Bertz CT molecular complexity index is 328. The number of rotatable bonds is 3. The molecule has 0 bridgehead atoms. The Balaban J connectivity index is 2.89. The van der Waals surface area contributed by atoms with Crippen LogP contribution in [0.5, 0.6) is 0 Å². The second kappa shape index (κ2) is 4.88. The molecule has 0 aliphatic carbocycles. The maximum atomic E-state index is 8.81. The van der Waals surface area contributed by atoms with Crippen molar-refractivity contribution in [1.29, 1.82) is 5.26 Å². The van der Waals surface area contributed by atoms with E-state index in [1.165, 1.54) is 0 Å². The van der Waals surface area contributed by atoms with E-state index in [4.69, 9.17) is 11.0 Å². The summed E-state index contributed by atoms with van der Waals surface area (Å²) >= 11 is 3.36. The van der Waals surface area contributed by atoms with Gasteiger partial charge < -0.3 is 5.73 Å². The molecule has 0 aromatic heterocycles. The molecule has 2 N–H and O–H groups in total. The van der Waals surface area contributed by atoms with Gasteiger partial charge in [0.25, 0.3) is 0 Å². The van der Waals surface area contributed by atoms with Crippen LogP contribution in [0.1, 0.15) is 17.5 Å². The molecule has 0 fully saturated rings.